The van der Waals surface area contributed by atoms with Crippen molar-refractivity contribution in [2.75, 3.05) is 6.54 Å². The fourth-order valence-electron chi connectivity index (χ4n) is 2.14. The average molecular weight is 324 g/mol. The molecule has 4 amide bonds. The molecule has 3 N–H and O–H groups in total. The first-order valence-corrected chi connectivity index (χ1v) is 8.08. The summed E-state index contributed by atoms with van der Waals surface area (Å²) >= 11 is 1.69. The molecule has 1 unspecified atom stereocenters. The molecule has 2 heterocycles. The second-order valence-electron chi connectivity index (χ2n) is 5.26. The topological polar surface area (TPSA) is 100 Å². The van der Waals surface area contributed by atoms with Crippen LogP contribution in [-0.4, -0.2) is 35.4 Å². The first kappa shape index (κ1) is 16.4. The standard InChI is InChI=1S/C14H20N4O3S/c1-8-9(2)22-12(16-8)4-3-7-15-11(19)6-5-10-13(20)18-14(21)17-10/h10H,3-7H2,1-2H3,(H,15,19)(H2,17,18,20,21). The van der Waals surface area contributed by atoms with Crippen molar-refractivity contribution in [1.29, 1.82) is 0 Å². The Bertz CT molecular complexity index is 565. The number of nitrogens with one attached hydrogen (secondary N) is 3. The Labute approximate surface area is 132 Å². The number of rotatable bonds is 7. The van der Waals surface area contributed by atoms with Crippen LogP contribution in [0.5, 0.6) is 0 Å². The maximum absolute atomic E-state index is 11.7. The molecule has 0 aliphatic carbocycles. The maximum atomic E-state index is 11.7. The number of amides is 4. The molecule has 0 aromatic carbocycles. The Morgan fingerprint density at radius 2 is 2.14 bits per heavy atom. The Morgan fingerprint density at radius 1 is 1.36 bits per heavy atom. The van der Waals surface area contributed by atoms with E-state index in [9.17, 15) is 14.4 Å². The summed E-state index contributed by atoms with van der Waals surface area (Å²) in [5.41, 5.74) is 1.07. The third kappa shape index (κ3) is 4.52. The molecule has 1 aromatic heterocycles. The Kier molecular flexibility index (Phi) is 5.48. The van der Waals surface area contributed by atoms with Gasteiger partial charge in [-0.1, -0.05) is 0 Å². The van der Waals surface area contributed by atoms with Gasteiger partial charge in [0, 0.05) is 24.3 Å². The molecule has 120 valence electrons. The average Bonchev–Trinajstić information content (AvgIpc) is 2.95. The van der Waals surface area contributed by atoms with Crippen molar-refractivity contribution in [2.45, 2.75) is 45.6 Å². The molecule has 1 aromatic rings. The summed E-state index contributed by atoms with van der Waals surface area (Å²) in [6, 6.07) is -1.09. The second-order valence-corrected chi connectivity index (χ2v) is 6.54. The van der Waals surface area contributed by atoms with E-state index in [4.69, 9.17) is 0 Å². The Balaban J connectivity index is 1.60. The molecular formula is C14H20N4O3S. The molecule has 1 aliphatic rings. The summed E-state index contributed by atoms with van der Waals surface area (Å²) in [7, 11) is 0. The molecule has 1 atom stereocenters. The van der Waals surface area contributed by atoms with Gasteiger partial charge in [0.05, 0.1) is 10.7 Å². The van der Waals surface area contributed by atoms with Crippen LogP contribution in [0.15, 0.2) is 0 Å². The molecule has 2 rings (SSSR count). The van der Waals surface area contributed by atoms with Gasteiger partial charge in [-0.3, -0.25) is 14.9 Å². The second kappa shape index (κ2) is 7.35. The van der Waals surface area contributed by atoms with Crippen LogP contribution in [0.1, 0.15) is 34.8 Å². The number of carbonyl (C=O) groups excluding carboxylic acids is 3. The lowest BCUT2D eigenvalue weighted by molar-refractivity contribution is -0.122. The highest BCUT2D eigenvalue weighted by Gasteiger charge is 2.29. The lowest BCUT2D eigenvalue weighted by atomic mass is 10.1. The molecule has 1 aliphatic heterocycles. The van der Waals surface area contributed by atoms with Crippen molar-refractivity contribution in [3.05, 3.63) is 15.6 Å². The van der Waals surface area contributed by atoms with Gasteiger partial charge in [0.25, 0.3) is 5.91 Å². The highest BCUT2D eigenvalue weighted by Crippen LogP contribution is 2.17. The fourth-order valence-corrected chi connectivity index (χ4v) is 3.12. The summed E-state index contributed by atoms with van der Waals surface area (Å²) < 4.78 is 0. The van der Waals surface area contributed by atoms with Crippen molar-refractivity contribution in [3.63, 3.8) is 0 Å². The van der Waals surface area contributed by atoms with Crippen molar-refractivity contribution in [3.8, 4) is 0 Å². The van der Waals surface area contributed by atoms with E-state index in [1.807, 2.05) is 6.92 Å². The smallest absolute Gasteiger partial charge is 0.322 e. The first-order valence-electron chi connectivity index (χ1n) is 7.26. The lowest BCUT2D eigenvalue weighted by Crippen LogP contribution is -2.32. The molecule has 22 heavy (non-hydrogen) atoms. The minimum Gasteiger partial charge on any atom is -0.356 e. The number of nitrogens with zero attached hydrogens (tertiary/aromatic N) is 1. The summed E-state index contributed by atoms with van der Waals surface area (Å²) in [5.74, 6) is -0.479. The van der Waals surface area contributed by atoms with E-state index in [2.05, 4.69) is 27.9 Å². The van der Waals surface area contributed by atoms with E-state index in [1.165, 1.54) is 4.88 Å². The molecule has 8 heteroatoms. The van der Waals surface area contributed by atoms with Crippen LogP contribution in [0.4, 0.5) is 4.79 Å². The predicted molar refractivity (Wildman–Crippen MR) is 82.6 cm³/mol. The summed E-state index contributed by atoms with van der Waals surface area (Å²) in [6.45, 7) is 4.63. The Morgan fingerprint density at radius 3 is 2.73 bits per heavy atom. The maximum Gasteiger partial charge on any atom is 0.322 e. The van der Waals surface area contributed by atoms with E-state index >= 15 is 0 Å². The number of carbonyl (C=O) groups is 3. The first-order chi connectivity index (χ1) is 10.5. The normalized spacial score (nSPS) is 17.3. The number of thiazole rings is 1. The molecule has 7 nitrogen and oxygen atoms in total. The van der Waals surface area contributed by atoms with Gasteiger partial charge in [-0.15, -0.1) is 11.3 Å². The quantitative estimate of drug-likeness (QED) is 0.510. The van der Waals surface area contributed by atoms with Crippen molar-refractivity contribution in [1.82, 2.24) is 20.9 Å². The number of urea groups is 1. The van der Waals surface area contributed by atoms with Gasteiger partial charge in [-0.25, -0.2) is 9.78 Å². The third-order valence-electron chi connectivity index (χ3n) is 3.48. The molecule has 0 saturated carbocycles. The van der Waals surface area contributed by atoms with Gasteiger partial charge < -0.3 is 10.6 Å². The summed E-state index contributed by atoms with van der Waals surface area (Å²) in [6.07, 6.45) is 2.21. The van der Waals surface area contributed by atoms with Crippen LogP contribution in [0.2, 0.25) is 0 Å². The molecule has 0 radical (unpaired) electrons. The molecular weight excluding hydrogens is 304 g/mol. The molecule has 1 saturated heterocycles. The molecule has 0 spiro atoms. The highest BCUT2D eigenvalue weighted by atomic mass is 32.1. The van der Waals surface area contributed by atoms with E-state index in [-0.39, 0.29) is 18.2 Å². The van der Waals surface area contributed by atoms with Crippen LogP contribution in [0.25, 0.3) is 0 Å². The number of aryl methyl sites for hydroxylation is 3. The lowest BCUT2D eigenvalue weighted by Gasteiger charge is -2.07. The zero-order valence-electron chi connectivity index (χ0n) is 12.7. The van der Waals surface area contributed by atoms with E-state index in [1.54, 1.807) is 11.3 Å². The van der Waals surface area contributed by atoms with Gasteiger partial charge in [-0.05, 0) is 26.7 Å². The molecule has 0 bridgehead atoms. The van der Waals surface area contributed by atoms with Crippen molar-refractivity contribution in [2.24, 2.45) is 0 Å². The van der Waals surface area contributed by atoms with Crippen LogP contribution < -0.4 is 16.0 Å². The minimum absolute atomic E-state index is 0.111. The number of hydrogen-bond acceptors (Lipinski definition) is 5. The van der Waals surface area contributed by atoms with Gasteiger partial charge in [0.1, 0.15) is 6.04 Å². The van der Waals surface area contributed by atoms with E-state index < -0.39 is 12.1 Å². The molecule has 1 fully saturated rings. The zero-order valence-corrected chi connectivity index (χ0v) is 13.5. The summed E-state index contributed by atoms with van der Waals surface area (Å²) in [4.78, 5) is 39.6. The van der Waals surface area contributed by atoms with Gasteiger partial charge in [0.15, 0.2) is 0 Å². The van der Waals surface area contributed by atoms with Crippen molar-refractivity contribution >= 4 is 29.2 Å². The SMILES string of the molecule is Cc1nc(CCCNC(=O)CCC2NC(=O)NC2=O)sc1C. The largest absolute Gasteiger partial charge is 0.356 e. The minimum atomic E-state index is -0.598. The number of aromatic nitrogens is 1. The van der Waals surface area contributed by atoms with Crippen molar-refractivity contribution < 1.29 is 14.4 Å². The summed E-state index contributed by atoms with van der Waals surface area (Å²) in [5, 5.41) is 8.52. The van der Waals surface area contributed by atoms with E-state index in [0.29, 0.717) is 13.0 Å². The zero-order chi connectivity index (χ0) is 16.1. The van der Waals surface area contributed by atoms with Gasteiger partial charge in [-0.2, -0.15) is 0 Å². The fraction of sp³-hybridized carbons (Fsp3) is 0.571. The van der Waals surface area contributed by atoms with Crippen LogP contribution in [-0.2, 0) is 16.0 Å². The Hall–Kier alpha value is -1.96. The van der Waals surface area contributed by atoms with Gasteiger partial charge >= 0.3 is 6.03 Å². The number of hydrogen-bond donors (Lipinski definition) is 3. The predicted octanol–water partition coefficient (Wildman–Crippen LogP) is 0.797. The highest BCUT2D eigenvalue weighted by molar-refractivity contribution is 7.11. The van der Waals surface area contributed by atoms with E-state index in [0.717, 1.165) is 23.5 Å². The van der Waals surface area contributed by atoms with Gasteiger partial charge in [0.2, 0.25) is 5.91 Å². The van der Waals surface area contributed by atoms with Crippen LogP contribution >= 0.6 is 11.3 Å². The number of imide groups is 1. The third-order valence-corrected chi connectivity index (χ3v) is 4.61. The van der Waals surface area contributed by atoms with Crippen LogP contribution in [0, 0.1) is 13.8 Å². The van der Waals surface area contributed by atoms with Crippen LogP contribution in [0.3, 0.4) is 0 Å². The monoisotopic (exact) mass is 324 g/mol.